The standard InChI is InChI=1S/C18H22N4O3/c1-4-11(2)19-17(23)14-9-12(3)20-18(22-14)21-13-5-6-15-16(10-13)25-8-7-24-15/h5-6,9-11H,4,7-8H2,1-3H3,(H,19,23)(H,20,21,22). The van der Waals surface area contributed by atoms with Gasteiger partial charge < -0.3 is 20.1 Å². The van der Waals surface area contributed by atoms with Gasteiger partial charge in [-0.15, -0.1) is 0 Å². The number of rotatable bonds is 5. The minimum absolute atomic E-state index is 0.0944. The molecule has 1 aliphatic rings. The van der Waals surface area contributed by atoms with Crippen LogP contribution in [0.15, 0.2) is 24.3 Å². The van der Waals surface area contributed by atoms with Crippen molar-refractivity contribution in [3.63, 3.8) is 0 Å². The summed E-state index contributed by atoms with van der Waals surface area (Å²) in [5.41, 5.74) is 1.82. The van der Waals surface area contributed by atoms with E-state index < -0.39 is 0 Å². The Hall–Kier alpha value is -2.83. The summed E-state index contributed by atoms with van der Waals surface area (Å²) < 4.78 is 11.1. The Morgan fingerprint density at radius 3 is 2.72 bits per heavy atom. The molecule has 2 aromatic rings. The molecule has 1 amide bonds. The highest BCUT2D eigenvalue weighted by Crippen LogP contribution is 2.33. The largest absolute Gasteiger partial charge is 0.486 e. The molecule has 7 heteroatoms. The van der Waals surface area contributed by atoms with Gasteiger partial charge in [-0.3, -0.25) is 4.79 Å². The number of nitrogens with one attached hydrogen (secondary N) is 2. The highest BCUT2D eigenvalue weighted by atomic mass is 16.6. The van der Waals surface area contributed by atoms with Gasteiger partial charge in [0, 0.05) is 23.5 Å². The van der Waals surface area contributed by atoms with Crippen molar-refractivity contribution < 1.29 is 14.3 Å². The average molecular weight is 342 g/mol. The van der Waals surface area contributed by atoms with Crippen LogP contribution in [0.4, 0.5) is 11.6 Å². The predicted octanol–water partition coefficient (Wildman–Crippen LogP) is 2.83. The molecule has 0 spiro atoms. The molecule has 2 heterocycles. The number of carbonyl (C=O) groups excluding carboxylic acids is 1. The first kappa shape index (κ1) is 17.0. The van der Waals surface area contributed by atoms with Crippen LogP contribution in [0.3, 0.4) is 0 Å². The molecule has 1 aromatic carbocycles. The van der Waals surface area contributed by atoms with Gasteiger partial charge in [0.1, 0.15) is 18.9 Å². The molecule has 132 valence electrons. The minimum atomic E-state index is -0.204. The summed E-state index contributed by atoms with van der Waals surface area (Å²) in [5.74, 6) is 1.56. The number of nitrogens with zero attached hydrogens (tertiary/aromatic N) is 2. The Balaban J connectivity index is 1.79. The Morgan fingerprint density at radius 2 is 1.96 bits per heavy atom. The van der Waals surface area contributed by atoms with Crippen molar-refractivity contribution in [1.82, 2.24) is 15.3 Å². The van der Waals surface area contributed by atoms with Crippen LogP contribution in [-0.4, -0.2) is 35.1 Å². The lowest BCUT2D eigenvalue weighted by Crippen LogP contribution is -2.32. The molecule has 2 N–H and O–H groups in total. The van der Waals surface area contributed by atoms with Gasteiger partial charge in [0.05, 0.1) is 0 Å². The van der Waals surface area contributed by atoms with Gasteiger partial charge >= 0.3 is 0 Å². The van der Waals surface area contributed by atoms with Crippen LogP contribution >= 0.6 is 0 Å². The number of benzene rings is 1. The van der Waals surface area contributed by atoms with Crippen molar-refractivity contribution in [2.24, 2.45) is 0 Å². The minimum Gasteiger partial charge on any atom is -0.486 e. The van der Waals surface area contributed by atoms with Crippen LogP contribution < -0.4 is 20.1 Å². The number of anilines is 2. The molecule has 0 fully saturated rings. The highest BCUT2D eigenvalue weighted by molar-refractivity contribution is 5.92. The third kappa shape index (κ3) is 4.17. The number of ether oxygens (including phenoxy) is 2. The number of aromatic nitrogens is 2. The zero-order chi connectivity index (χ0) is 17.8. The number of carbonyl (C=O) groups is 1. The number of hydrogen-bond acceptors (Lipinski definition) is 6. The number of aryl methyl sites for hydroxylation is 1. The van der Waals surface area contributed by atoms with Crippen molar-refractivity contribution in [1.29, 1.82) is 0 Å². The molecule has 0 aliphatic carbocycles. The van der Waals surface area contributed by atoms with Crippen molar-refractivity contribution in [3.8, 4) is 11.5 Å². The van der Waals surface area contributed by atoms with E-state index in [9.17, 15) is 4.79 Å². The SMILES string of the molecule is CCC(C)NC(=O)c1cc(C)nc(Nc2ccc3c(c2)OCCO3)n1. The van der Waals surface area contributed by atoms with Crippen molar-refractivity contribution >= 4 is 17.5 Å². The maximum atomic E-state index is 12.3. The quantitative estimate of drug-likeness (QED) is 0.869. The fourth-order valence-electron chi connectivity index (χ4n) is 2.39. The van der Waals surface area contributed by atoms with E-state index in [4.69, 9.17) is 9.47 Å². The summed E-state index contributed by atoms with van der Waals surface area (Å²) in [4.78, 5) is 21.0. The van der Waals surface area contributed by atoms with Crippen LogP contribution in [0.5, 0.6) is 11.5 Å². The molecule has 0 radical (unpaired) electrons. The zero-order valence-corrected chi connectivity index (χ0v) is 14.6. The van der Waals surface area contributed by atoms with E-state index in [1.54, 1.807) is 6.07 Å². The molecular weight excluding hydrogens is 320 g/mol. The van der Waals surface area contributed by atoms with Crippen LogP contribution in [0.2, 0.25) is 0 Å². The Labute approximate surface area is 146 Å². The van der Waals surface area contributed by atoms with E-state index in [0.29, 0.717) is 36.3 Å². The molecule has 25 heavy (non-hydrogen) atoms. The maximum absolute atomic E-state index is 12.3. The second-order valence-corrected chi connectivity index (χ2v) is 5.98. The van der Waals surface area contributed by atoms with E-state index >= 15 is 0 Å². The van der Waals surface area contributed by atoms with E-state index in [1.165, 1.54) is 0 Å². The lowest BCUT2D eigenvalue weighted by molar-refractivity contribution is 0.0934. The van der Waals surface area contributed by atoms with Crippen LogP contribution in [0.25, 0.3) is 0 Å². The number of hydrogen-bond donors (Lipinski definition) is 2. The molecule has 1 aliphatic heterocycles. The summed E-state index contributed by atoms with van der Waals surface area (Å²) in [5, 5.41) is 6.03. The fraction of sp³-hybridized carbons (Fsp3) is 0.389. The van der Waals surface area contributed by atoms with Crippen LogP contribution in [-0.2, 0) is 0 Å². The molecule has 1 unspecified atom stereocenters. The lowest BCUT2D eigenvalue weighted by Gasteiger charge is -2.19. The Kier molecular flexibility index (Phi) is 5.02. The number of fused-ring (bicyclic) bond motifs is 1. The molecule has 0 saturated heterocycles. The lowest BCUT2D eigenvalue weighted by atomic mass is 10.2. The van der Waals surface area contributed by atoms with Crippen LogP contribution in [0.1, 0.15) is 36.5 Å². The molecule has 1 atom stereocenters. The third-order valence-corrected chi connectivity index (χ3v) is 3.88. The summed E-state index contributed by atoms with van der Waals surface area (Å²) in [6.45, 7) is 6.88. The molecule has 0 bridgehead atoms. The Morgan fingerprint density at radius 1 is 1.20 bits per heavy atom. The van der Waals surface area contributed by atoms with Gasteiger partial charge in [-0.05, 0) is 38.5 Å². The maximum Gasteiger partial charge on any atom is 0.270 e. The van der Waals surface area contributed by atoms with Gasteiger partial charge in [0.15, 0.2) is 11.5 Å². The normalized spacial score (nSPS) is 13.9. The second kappa shape index (κ2) is 7.38. The molecular formula is C18H22N4O3. The first-order chi connectivity index (χ1) is 12.0. The van der Waals surface area contributed by atoms with Gasteiger partial charge in [-0.2, -0.15) is 0 Å². The van der Waals surface area contributed by atoms with E-state index in [0.717, 1.165) is 17.9 Å². The van der Waals surface area contributed by atoms with E-state index in [1.807, 2.05) is 39.0 Å². The van der Waals surface area contributed by atoms with E-state index in [-0.39, 0.29) is 11.9 Å². The Bertz CT molecular complexity index is 779. The summed E-state index contributed by atoms with van der Waals surface area (Å²) in [7, 11) is 0. The zero-order valence-electron chi connectivity index (χ0n) is 14.6. The highest BCUT2D eigenvalue weighted by Gasteiger charge is 2.15. The fourth-order valence-corrected chi connectivity index (χ4v) is 2.39. The van der Waals surface area contributed by atoms with Gasteiger partial charge in [-0.25, -0.2) is 9.97 Å². The molecule has 0 saturated carbocycles. The smallest absolute Gasteiger partial charge is 0.270 e. The summed E-state index contributed by atoms with van der Waals surface area (Å²) in [6.07, 6.45) is 0.859. The van der Waals surface area contributed by atoms with Crippen molar-refractivity contribution in [3.05, 3.63) is 35.7 Å². The second-order valence-electron chi connectivity index (χ2n) is 5.98. The van der Waals surface area contributed by atoms with Gasteiger partial charge in [-0.1, -0.05) is 6.92 Å². The average Bonchev–Trinajstić information content (AvgIpc) is 2.61. The van der Waals surface area contributed by atoms with Crippen LogP contribution in [0, 0.1) is 6.92 Å². The van der Waals surface area contributed by atoms with Gasteiger partial charge in [0.25, 0.3) is 5.91 Å². The predicted molar refractivity (Wildman–Crippen MR) is 94.7 cm³/mol. The first-order valence-electron chi connectivity index (χ1n) is 8.38. The molecule has 1 aromatic heterocycles. The topological polar surface area (TPSA) is 85.4 Å². The molecule has 3 rings (SSSR count). The number of amides is 1. The van der Waals surface area contributed by atoms with E-state index in [2.05, 4.69) is 20.6 Å². The first-order valence-corrected chi connectivity index (χ1v) is 8.38. The van der Waals surface area contributed by atoms with Gasteiger partial charge in [0.2, 0.25) is 5.95 Å². The summed E-state index contributed by atoms with van der Waals surface area (Å²) >= 11 is 0. The van der Waals surface area contributed by atoms with Crippen molar-refractivity contribution in [2.45, 2.75) is 33.2 Å². The summed E-state index contributed by atoms with van der Waals surface area (Å²) in [6, 6.07) is 7.30. The third-order valence-electron chi connectivity index (χ3n) is 3.88. The van der Waals surface area contributed by atoms with Crippen molar-refractivity contribution in [2.75, 3.05) is 18.5 Å². The molecule has 7 nitrogen and oxygen atoms in total. The monoisotopic (exact) mass is 342 g/mol.